The number of nitrogens with zero attached hydrogens (tertiary/aromatic N) is 4. The molecule has 0 aliphatic carbocycles. The lowest BCUT2D eigenvalue weighted by Gasteiger charge is -2.35. The summed E-state index contributed by atoms with van der Waals surface area (Å²) in [5, 5.41) is -9.32. The molecule has 0 fully saturated rings. The van der Waals surface area contributed by atoms with Crippen molar-refractivity contribution in [3.63, 3.8) is 0 Å². The van der Waals surface area contributed by atoms with E-state index < -0.39 is 413 Å². The predicted octanol–water partition coefficient (Wildman–Crippen LogP) is 14.7. The minimum atomic E-state index is -7.12. The average Bonchev–Trinajstić information content (AvgIpc) is 1.26. The molecule has 0 aliphatic rings. The first-order valence-corrected chi connectivity index (χ1v) is 23.8. The van der Waals surface area contributed by atoms with Crippen LogP contribution in [-0.2, 0) is 0 Å². The van der Waals surface area contributed by atoms with Crippen molar-refractivity contribution < 1.29 is 64.4 Å². The number of benzene rings is 11. The Hall–Kier alpha value is -9.68. The Morgan fingerprint density at radius 2 is 0.693 bits per heavy atom. The molecule has 4 nitrogen and oxygen atoms in total. The number of fused-ring (bicyclic) bond motifs is 6. The van der Waals surface area contributed by atoms with Crippen LogP contribution in [0.3, 0.4) is 0 Å². The summed E-state index contributed by atoms with van der Waals surface area (Å²) in [5.41, 5.74) is -12.7. The molecule has 0 bridgehead atoms. The number of hydrogen-bond donors (Lipinski definition) is 0. The Balaban J connectivity index is 1.33. The van der Waals surface area contributed by atoms with Crippen molar-refractivity contribution in [3.8, 4) is 56.4 Å². The summed E-state index contributed by atoms with van der Waals surface area (Å²) in [5.74, 6) is -2.46. The van der Waals surface area contributed by atoms with Crippen LogP contribution in [0.1, 0.15) is 64.4 Å². The fraction of sp³-hybridized carbons (Fsp3) is 0. The zero-order valence-electron chi connectivity index (χ0n) is 84.4. The molecular weight excluding hydrogens is 925 g/mol. The minimum absolute atomic E-state index is 0.499. The summed E-state index contributed by atoms with van der Waals surface area (Å²) in [6, 6.07) is -59.6. The molecule has 5 heteroatoms. The Morgan fingerprint density at radius 1 is 0.307 bits per heavy atom. The van der Waals surface area contributed by atoms with E-state index in [2.05, 4.69) is 0 Å². The van der Waals surface area contributed by atoms with E-state index in [4.69, 9.17) is 27.8 Å². The van der Waals surface area contributed by atoms with Gasteiger partial charge in [-0.05, 0) is 78.3 Å². The molecule has 0 amide bonds. The second-order valence-electron chi connectivity index (χ2n) is 15.7. The monoisotopic (exact) mass is 1020 g/mol. The maximum absolute atomic E-state index is 11.1. The van der Waals surface area contributed by atoms with Gasteiger partial charge in [-0.2, -0.15) is 4.98 Å². The fourth-order valence-corrected chi connectivity index (χ4v) is 12.4. The number of hydrogen-bond acceptors (Lipinski definition) is 2. The van der Waals surface area contributed by atoms with Crippen molar-refractivity contribution in [1.82, 2.24) is 19.1 Å². The van der Waals surface area contributed by atoms with Gasteiger partial charge in [-0.1, -0.05) is 260 Å². The number of aromatic nitrogens is 4. The van der Waals surface area contributed by atoms with Gasteiger partial charge < -0.3 is 0 Å². The van der Waals surface area contributed by atoms with E-state index >= 15 is 0 Å². The highest BCUT2D eigenvalue weighted by Gasteiger charge is 2.42. The molecule has 0 unspecified atom stereocenters. The van der Waals surface area contributed by atoms with Crippen LogP contribution >= 0.6 is 0 Å². The fourth-order valence-electron chi connectivity index (χ4n) is 8.78. The van der Waals surface area contributed by atoms with E-state index in [0.717, 1.165) is 0 Å². The molecule has 0 saturated heterocycles. The minimum Gasteiger partial charge on any atom is -0.294 e. The van der Waals surface area contributed by atoms with Crippen LogP contribution < -0.4 is 20.7 Å². The molecule has 0 atom stereocenters. The molecule has 75 heavy (non-hydrogen) atoms. The largest absolute Gasteiger partial charge is 0.294 e. The molecule has 3 aromatic heterocycles. The van der Waals surface area contributed by atoms with Gasteiger partial charge in [-0.3, -0.25) is 9.13 Å². The third-order valence-electron chi connectivity index (χ3n) is 11.8. The summed E-state index contributed by atoms with van der Waals surface area (Å²) in [6.45, 7) is 0. The Kier molecular flexibility index (Phi) is 4.23. The molecular formula is C70H48N4Si. The molecule has 0 radical (unpaired) electrons. The van der Waals surface area contributed by atoms with E-state index in [-0.39, 0.29) is 0 Å². The van der Waals surface area contributed by atoms with Crippen molar-refractivity contribution in [2.75, 3.05) is 0 Å². The van der Waals surface area contributed by atoms with Crippen LogP contribution in [0.15, 0.2) is 290 Å². The van der Waals surface area contributed by atoms with E-state index in [1.165, 1.54) is 0 Å². The second kappa shape index (κ2) is 18.4. The van der Waals surface area contributed by atoms with Crippen LogP contribution in [0.5, 0.6) is 0 Å². The molecule has 352 valence electrons. The zero-order valence-corrected chi connectivity index (χ0v) is 38.4. The van der Waals surface area contributed by atoms with E-state index in [9.17, 15) is 46.6 Å². The molecule has 0 saturated carbocycles. The second-order valence-corrected chi connectivity index (χ2v) is 19.2. The van der Waals surface area contributed by atoms with Gasteiger partial charge in [0, 0.05) is 33.2 Å². The highest BCUT2D eigenvalue weighted by atomic mass is 28.3. The third kappa shape index (κ3) is 7.35. The molecule has 3 heterocycles. The molecule has 0 spiro atoms. The van der Waals surface area contributed by atoms with Crippen LogP contribution in [-0.4, -0.2) is 27.2 Å². The van der Waals surface area contributed by atoms with E-state index in [0.29, 0.717) is 15.2 Å². The lowest BCUT2D eigenvalue weighted by molar-refractivity contribution is 0.952. The summed E-state index contributed by atoms with van der Waals surface area (Å²) in [7, 11) is -7.12. The van der Waals surface area contributed by atoms with Gasteiger partial charge in [0.15, 0.2) is 8.07 Å². The SMILES string of the molecule is [2H]c1c([2H])c([2H])c(-c2c([2H])c([2H])c([2H])c([Si](c3c([2H])c([2H])c([2H])c([2H])c3[2H])(c3c([2H])c([2H])c([2H])c([2H])c3[2H])c3c([2H])c([2H])c([2H])c(-c4cc(-n5c6c([2H])c([2H])c([2H])c([2H])c6c6c(-c7c([2H])c([2H])c([2H])c([2H])c7[2H])c([2H])c([2H])c([2H])c65)nc(-n5c6c([2H])c([2H])c([2H])c([2H])c6c6c(-c7c([2H])c([2H])c([2H])c([2H])c7[2H])c([2H])c([2H])c([2H])c65)n4)c3[2H])c2[2H])c([2H])c1[2H]. The predicted molar refractivity (Wildman–Crippen MR) is 316 cm³/mol. The first kappa shape index (κ1) is 17.2. The highest BCUT2D eigenvalue weighted by Crippen LogP contribution is 2.41. The third-order valence-corrected chi connectivity index (χ3v) is 15.8. The summed E-state index contributed by atoms with van der Waals surface area (Å²) in [4.78, 5) is 9.54. The summed E-state index contributed by atoms with van der Waals surface area (Å²) < 4.78 is 444. The zero-order chi connectivity index (χ0) is 90.6. The first-order chi connectivity index (χ1) is 56.7. The quantitative estimate of drug-likeness (QED) is 0.101. The van der Waals surface area contributed by atoms with E-state index in [1.807, 2.05) is 0 Å². The lowest BCUT2D eigenvalue weighted by atomic mass is 9.99. The van der Waals surface area contributed by atoms with Crippen molar-refractivity contribution in [1.29, 1.82) is 0 Å². The van der Waals surface area contributed by atoms with Gasteiger partial charge in [-0.25, -0.2) is 4.98 Å². The van der Waals surface area contributed by atoms with Gasteiger partial charge in [0.25, 0.3) is 0 Å². The first-order valence-electron chi connectivity index (χ1n) is 45.3. The Labute approximate surface area is 502 Å². The molecule has 11 aromatic carbocycles. The Bertz CT molecular complexity index is 6830. The highest BCUT2D eigenvalue weighted by molar-refractivity contribution is 7.20. The van der Waals surface area contributed by atoms with Crippen LogP contribution in [0.2, 0.25) is 0 Å². The maximum Gasteiger partial charge on any atom is 0.237 e. The Morgan fingerprint density at radius 3 is 1.24 bits per heavy atom. The smallest absolute Gasteiger partial charge is 0.237 e. The van der Waals surface area contributed by atoms with E-state index in [1.54, 1.807) is 0 Å². The summed E-state index contributed by atoms with van der Waals surface area (Å²) >= 11 is 0. The van der Waals surface area contributed by atoms with Gasteiger partial charge in [0.2, 0.25) is 5.95 Å². The molecule has 0 aliphatic heterocycles. The van der Waals surface area contributed by atoms with Gasteiger partial charge in [-0.15, -0.1) is 0 Å². The normalized spacial score (nSPS) is 20.5. The van der Waals surface area contributed by atoms with Crippen LogP contribution in [0.4, 0.5) is 0 Å². The standard InChI is InChI=1S/C70H48N4Si/c1-6-24-49(25-7-1)52-30-20-36-56(46-52)75(54-32-12-4-13-33-54,55-34-14-5-15-35-55)57-37-21-31-53(47-57)62-48-67(73-63-42-18-16-38-60(63)68-58(40-22-44-65(68)73)50-26-8-2-9-27-50)72-70(71-62)74-64-43-19-17-39-61(64)69-59(41-23-45-66(69)74)51-28-10-3-11-29-51/h1-48H/i1D,2D,3D,4D,5D,6D,7D,8D,9D,10D,11D,12D,13D,14D,15D,16D,17D,18D,19D,20D,21D,22D,23D,24D,25D,26D,27D,28D,29D,30D,31D,32D,33D,34D,35D,36D,37D,38D,39D,40D,41D,42D,43D,44D,45D,46D,47D. The summed E-state index contributed by atoms with van der Waals surface area (Å²) in [6.07, 6.45) is 0. The van der Waals surface area contributed by atoms with Crippen LogP contribution in [0, 0.1) is 0 Å². The topological polar surface area (TPSA) is 35.6 Å². The number of para-hydroxylation sites is 2. The van der Waals surface area contributed by atoms with Gasteiger partial charge >= 0.3 is 0 Å². The maximum atomic E-state index is 11.1. The van der Waals surface area contributed by atoms with Gasteiger partial charge in [0.05, 0.1) is 92.2 Å². The van der Waals surface area contributed by atoms with Crippen molar-refractivity contribution >= 4 is 72.4 Å². The van der Waals surface area contributed by atoms with Crippen molar-refractivity contribution in [2.24, 2.45) is 0 Å². The van der Waals surface area contributed by atoms with Crippen molar-refractivity contribution in [3.05, 3.63) is 290 Å². The molecule has 14 aromatic rings. The average molecular weight is 1020 g/mol. The molecule has 14 rings (SSSR count). The number of rotatable bonds is 10. The lowest BCUT2D eigenvalue weighted by Crippen LogP contribution is -2.74. The van der Waals surface area contributed by atoms with Crippen molar-refractivity contribution in [2.45, 2.75) is 0 Å². The van der Waals surface area contributed by atoms with Crippen LogP contribution in [0.25, 0.3) is 100 Å². The molecule has 0 N–H and O–H groups in total. The van der Waals surface area contributed by atoms with Gasteiger partial charge in [0.1, 0.15) is 5.82 Å².